The van der Waals surface area contributed by atoms with Crippen molar-refractivity contribution in [2.24, 2.45) is 0 Å². The number of hydrogen-bond donors (Lipinski definition) is 1. The minimum absolute atomic E-state index is 0.405. The molecule has 13 heavy (non-hydrogen) atoms. The molecule has 1 heteroatoms. The van der Waals surface area contributed by atoms with Crippen LogP contribution in [0.25, 0.3) is 0 Å². The van der Waals surface area contributed by atoms with Gasteiger partial charge in [-0.3, -0.25) is 0 Å². The van der Waals surface area contributed by atoms with Crippen LogP contribution in [0.3, 0.4) is 0 Å². The van der Waals surface area contributed by atoms with Crippen LogP contribution in [0.4, 0.5) is 0 Å². The number of aliphatic hydroxyl groups is 1. The molecule has 0 aromatic carbocycles. The van der Waals surface area contributed by atoms with E-state index in [-0.39, 0.29) is 0 Å². The third kappa shape index (κ3) is 8.28. The molecule has 0 saturated carbocycles. The molecule has 0 spiro atoms. The highest BCUT2D eigenvalue weighted by molar-refractivity contribution is 5.37. The van der Waals surface area contributed by atoms with Crippen LogP contribution in [-0.4, -0.2) is 11.2 Å². The van der Waals surface area contributed by atoms with Gasteiger partial charge in [0.1, 0.15) is 0 Å². The second kappa shape index (κ2) is 8.48. The molecule has 0 aromatic heterocycles. The highest BCUT2D eigenvalue weighted by Gasteiger charge is 1.88. The number of rotatable bonds is 2. The molecule has 0 amide bonds. The molecule has 0 aliphatic rings. The van der Waals surface area contributed by atoms with E-state index < -0.39 is 6.10 Å². The maximum atomic E-state index is 9.09. The van der Waals surface area contributed by atoms with Crippen molar-refractivity contribution >= 4 is 0 Å². The first-order chi connectivity index (χ1) is 6.31. The molecular formula is C12H12O. The van der Waals surface area contributed by atoms with E-state index in [4.69, 9.17) is 5.11 Å². The molecule has 0 bridgehead atoms. The highest BCUT2D eigenvalue weighted by Crippen LogP contribution is 1.89. The summed E-state index contributed by atoms with van der Waals surface area (Å²) >= 11 is 0. The van der Waals surface area contributed by atoms with Crippen molar-refractivity contribution in [3.05, 3.63) is 12.2 Å². The van der Waals surface area contributed by atoms with Gasteiger partial charge in [-0.2, -0.15) is 0 Å². The lowest BCUT2D eigenvalue weighted by atomic mass is 10.2. The van der Waals surface area contributed by atoms with E-state index in [1.165, 1.54) is 0 Å². The topological polar surface area (TPSA) is 20.2 Å². The SMILES string of the molecule is CC#CC#CC#C/C=C/C(O)CC. The Morgan fingerprint density at radius 2 is 1.92 bits per heavy atom. The first-order valence-corrected chi connectivity index (χ1v) is 4.08. The summed E-state index contributed by atoms with van der Waals surface area (Å²) in [6, 6.07) is 0. The monoisotopic (exact) mass is 172 g/mol. The summed E-state index contributed by atoms with van der Waals surface area (Å²) in [5.74, 6) is 15.6. The van der Waals surface area contributed by atoms with Gasteiger partial charge in [-0.1, -0.05) is 18.8 Å². The van der Waals surface area contributed by atoms with E-state index in [2.05, 4.69) is 35.5 Å². The predicted octanol–water partition coefficient (Wildman–Crippen LogP) is 1.34. The summed E-state index contributed by atoms with van der Waals surface area (Å²) in [7, 11) is 0. The van der Waals surface area contributed by atoms with Gasteiger partial charge < -0.3 is 5.11 Å². The first-order valence-electron chi connectivity index (χ1n) is 4.08. The Morgan fingerprint density at radius 1 is 1.23 bits per heavy atom. The molecule has 0 saturated heterocycles. The van der Waals surface area contributed by atoms with Crippen molar-refractivity contribution in [2.45, 2.75) is 26.4 Å². The van der Waals surface area contributed by atoms with Crippen LogP contribution < -0.4 is 0 Å². The number of aliphatic hydroxyl groups excluding tert-OH is 1. The quantitative estimate of drug-likeness (QED) is 0.623. The summed E-state index contributed by atoms with van der Waals surface area (Å²) in [6.07, 6.45) is 3.53. The van der Waals surface area contributed by atoms with E-state index >= 15 is 0 Å². The Labute approximate surface area is 79.9 Å². The third-order valence-electron chi connectivity index (χ3n) is 1.20. The minimum Gasteiger partial charge on any atom is -0.389 e. The lowest BCUT2D eigenvalue weighted by Gasteiger charge is -1.95. The van der Waals surface area contributed by atoms with Crippen LogP contribution in [0.2, 0.25) is 0 Å². The second-order valence-corrected chi connectivity index (χ2v) is 2.23. The summed E-state index contributed by atoms with van der Waals surface area (Å²) in [4.78, 5) is 0. The molecule has 0 radical (unpaired) electrons. The maximum absolute atomic E-state index is 9.09. The van der Waals surface area contributed by atoms with Gasteiger partial charge in [0.05, 0.1) is 6.10 Å². The van der Waals surface area contributed by atoms with Crippen molar-refractivity contribution in [1.82, 2.24) is 0 Å². The summed E-state index contributed by atoms with van der Waals surface area (Å²) in [5.41, 5.74) is 0. The summed E-state index contributed by atoms with van der Waals surface area (Å²) in [6.45, 7) is 3.62. The smallest absolute Gasteiger partial charge is 0.0727 e. The fraction of sp³-hybridized carbons (Fsp3) is 0.333. The Bertz CT molecular complexity index is 331. The summed E-state index contributed by atoms with van der Waals surface area (Å²) < 4.78 is 0. The van der Waals surface area contributed by atoms with E-state index in [1.807, 2.05) is 6.92 Å². The van der Waals surface area contributed by atoms with Gasteiger partial charge in [0.2, 0.25) is 0 Å². The van der Waals surface area contributed by atoms with E-state index in [1.54, 1.807) is 19.1 Å². The van der Waals surface area contributed by atoms with Crippen molar-refractivity contribution in [3.63, 3.8) is 0 Å². The van der Waals surface area contributed by atoms with Crippen molar-refractivity contribution in [2.75, 3.05) is 0 Å². The van der Waals surface area contributed by atoms with Gasteiger partial charge in [0, 0.05) is 0 Å². The van der Waals surface area contributed by atoms with E-state index in [0.717, 1.165) is 0 Å². The highest BCUT2D eigenvalue weighted by atomic mass is 16.3. The van der Waals surface area contributed by atoms with Crippen LogP contribution in [0.1, 0.15) is 20.3 Å². The zero-order valence-electron chi connectivity index (χ0n) is 7.89. The van der Waals surface area contributed by atoms with Crippen molar-refractivity contribution in [1.29, 1.82) is 0 Å². The van der Waals surface area contributed by atoms with E-state index in [0.29, 0.717) is 6.42 Å². The standard InChI is InChI=1S/C12H12O/c1-3-5-6-7-8-9-10-11-12(13)4-2/h10-13H,4H2,1-2H3/b11-10+. The number of allylic oxidation sites excluding steroid dienone is 1. The Kier molecular flexibility index (Phi) is 7.42. The van der Waals surface area contributed by atoms with Crippen LogP contribution in [0.5, 0.6) is 0 Å². The molecular weight excluding hydrogens is 160 g/mol. The van der Waals surface area contributed by atoms with Gasteiger partial charge in [-0.05, 0) is 49.2 Å². The second-order valence-electron chi connectivity index (χ2n) is 2.23. The molecule has 0 aromatic rings. The van der Waals surface area contributed by atoms with Crippen LogP contribution in [0, 0.1) is 35.5 Å². The molecule has 0 aliphatic carbocycles. The summed E-state index contributed by atoms with van der Waals surface area (Å²) in [5, 5.41) is 9.09. The van der Waals surface area contributed by atoms with Crippen LogP contribution in [0.15, 0.2) is 12.2 Å². The molecule has 0 fully saturated rings. The molecule has 0 rings (SSSR count). The maximum Gasteiger partial charge on any atom is 0.0727 e. The number of hydrogen-bond acceptors (Lipinski definition) is 1. The van der Waals surface area contributed by atoms with Gasteiger partial charge in [-0.15, -0.1) is 0 Å². The van der Waals surface area contributed by atoms with Gasteiger partial charge in [0.15, 0.2) is 0 Å². The molecule has 1 N–H and O–H groups in total. The molecule has 0 heterocycles. The molecule has 66 valence electrons. The lowest BCUT2D eigenvalue weighted by Crippen LogP contribution is -1.97. The fourth-order valence-corrected chi connectivity index (χ4v) is 0.498. The first kappa shape index (κ1) is 11.4. The zero-order valence-corrected chi connectivity index (χ0v) is 7.89. The molecule has 1 atom stereocenters. The Hall–Kier alpha value is -1.62. The average Bonchev–Trinajstić information content (AvgIpc) is 2.16. The molecule has 0 aliphatic heterocycles. The van der Waals surface area contributed by atoms with Crippen LogP contribution >= 0.6 is 0 Å². The van der Waals surface area contributed by atoms with Gasteiger partial charge in [-0.25, -0.2) is 0 Å². The Morgan fingerprint density at radius 3 is 2.54 bits per heavy atom. The van der Waals surface area contributed by atoms with Crippen molar-refractivity contribution < 1.29 is 5.11 Å². The molecule has 1 unspecified atom stereocenters. The van der Waals surface area contributed by atoms with Crippen molar-refractivity contribution in [3.8, 4) is 35.5 Å². The Balaban J connectivity index is 3.93. The third-order valence-corrected chi connectivity index (χ3v) is 1.20. The largest absolute Gasteiger partial charge is 0.389 e. The van der Waals surface area contributed by atoms with Crippen LogP contribution in [-0.2, 0) is 0 Å². The van der Waals surface area contributed by atoms with Gasteiger partial charge >= 0.3 is 0 Å². The van der Waals surface area contributed by atoms with E-state index in [9.17, 15) is 0 Å². The normalized spacial score (nSPS) is 10.1. The van der Waals surface area contributed by atoms with Gasteiger partial charge in [0.25, 0.3) is 0 Å². The minimum atomic E-state index is -0.405. The predicted molar refractivity (Wildman–Crippen MR) is 54.4 cm³/mol. The average molecular weight is 172 g/mol. The zero-order chi connectivity index (χ0) is 9.94. The lowest BCUT2D eigenvalue weighted by molar-refractivity contribution is 0.219. The fourth-order valence-electron chi connectivity index (χ4n) is 0.498. The molecule has 1 nitrogen and oxygen atoms in total.